The summed E-state index contributed by atoms with van der Waals surface area (Å²) in [6.07, 6.45) is 2.90. The van der Waals surface area contributed by atoms with E-state index in [0.717, 1.165) is 0 Å². The van der Waals surface area contributed by atoms with Crippen molar-refractivity contribution in [3.05, 3.63) is 35.6 Å². The number of aromatic carboxylic acids is 1. The van der Waals surface area contributed by atoms with Crippen molar-refractivity contribution in [1.82, 2.24) is 9.97 Å². The Morgan fingerprint density at radius 1 is 1.37 bits per heavy atom. The highest BCUT2D eigenvalue weighted by Gasteiger charge is 2.13. The van der Waals surface area contributed by atoms with Gasteiger partial charge in [0.15, 0.2) is 23.2 Å². The number of carboxylic acid groups (broad SMARTS) is 1. The van der Waals surface area contributed by atoms with Crippen LogP contribution in [0.3, 0.4) is 0 Å². The summed E-state index contributed by atoms with van der Waals surface area (Å²) in [4.78, 5) is 29.9. The fraction of sp³-hybridized carbons (Fsp3) is 0.0909. The number of aromatic nitrogens is 2. The van der Waals surface area contributed by atoms with Gasteiger partial charge in [-0.05, 0) is 12.1 Å². The SMILES string of the molecule is O=C(COc1cccnc1C(=O)O)Nc1nccs1. The normalized spacial score (nSPS) is 9.89. The zero-order valence-electron chi connectivity index (χ0n) is 9.57. The molecule has 19 heavy (non-hydrogen) atoms. The van der Waals surface area contributed by atoms with E-state index in [0.29, 0.717) is 5.13 Å². The fourth-order valence-electron chi connectivity index (χ4n) is 1.25. The molecule has 0 aliphatic rings. The van der Waals surface area contributed by atoms with Gasteiger partial charge in [-0.25, -0.2) is 14.8 Å². The molecule has 2 rings (SSSR count). The van der Waals surface area contributed by atoms with Gasteiger partial charge in [0.05, 0.1) is 0 Å². The summed E-state index contributed by atoms with van der Waals surface area (Å²) in [5, 5.41) is 13.6. The third-order valence-electron chi connectivity index (χ3n) is 2.01. The maximum atomic E-state index is 11.5. The summed E-state index contributed by atoms with van der Waals surface area (Å²) in [5.41, 5.74) is -0.232. The lowest BCUT2D eigenvalue weighted by Crippen LogP contribution is -2.21. The lowest BCUT2D eigenvalue weighted by atomic mass is 10.3. The summed E-state index contributed by atoms with van der Waals surface area (Å²) in [6.45, 7) is -0.314. The second-order valence-corrected chi connectivity index (χ2v) is 4.22. The van der Waals surface area contributed by atoms with Crippen molar-refractivity contribution in [2.75, 3.05) is 11.9 Å². The third-order valence-corrected chi connectivity index (χ3v) is 2.70. The number of hydrogen-bond donors (Lipinski definition) is 2. The molecular formula is C11H9N3O4S. The summed E-state index contributed by atoms with van der Waals surface area (Å²) in [5.74, 6) is -1.59. The van der Waals surface area contributed by atoms with Crippen LogP contribution in [-0.2, 0) is 4.79 Å². The summed E-state index contributed by atoms with van der Waals surface area (Å²) in [6, 6.07) is 2.97. The van der Waals surface area contributed by atoms with Gasteiger partial charge in [-0.15, -0.1) is 11.3 Å². The average Bonchev–Trinajstić information content (AvgIpc) is 2.89. The molecule has 0 saturated heterocycles. The van der Waals surface area contributed by atoms with Crippen LogP contribution >= 0.6 is 11.3 Å². The molecule has 1 amide bonds. The van der Waals surface area contributed by atoms with E-state index in [1.165, 1.54) is 29.7 Å². The quantitative estimate of drug-likeness (QED) is 0.854. The molecule has 7 nitrogen and oxygen atoms in total. The Balaban J connectivity index is 1.95. The number of pyridine rings is 1. The number of nitrogens with zero attached hydrogens (tertiary/aromatic N) is 2. The first-order valence-corrected chi connectivity index (χ1v) is 6.05. The van der Waals surface area contributed by atoms with Crippen LogP contribution in [0.25, 0.3) is 0 Å². The Morgan fingerprint density at radius 2 is 2.21 bits per heavy atom. The first-order valence-electron chi connectivity index (χ1n) is 5.17. The highest BCUT2D eigenvalue weighted by molar-refractivity contribution is 7.13. The van der Waals surface area contributed by atoms with E-state index in [9.17, 15) is 9.59 Å². The van der Waals surface area contributed by atoms with Gasteiger partial charge in [0, 0.05) is 17.8 Å². The van der Waals surface area contributed by atoms with Gasteiger partial charge in [-0.3, -0.25) is 10.1 Å². The van der Waals surface area contributed by atoms with Gasteiger partial charge >= 0.3 is 5.97 Å². The van der Waals surface area contributed by atoms with Crippen LogP contribution in [-0.4, -0.2) is 33.6 Å². The predicted octanol–water partition coefficient (Wildman–Crippen LogP) is 1.25. The number of rotatable bonds is 5. The van der Waals surface area contributed by atoms with Crippen LogP contribution in [0.4, 0.5) is 5.13 Å². The Morgan fingerprint density at radius 3 is 2.89 bits per heavy atom. The van der Waals surface area contributed by atoms with Crippen molar-refractivity contribution in [3.63, 3.8) is 0 Å². The van der Waals surface area contributed by atoms with Crippen molar-refractivity contribution in [1.29, 1.82) is 0 Å². The second kappa shape index (κ2) is 5.91. The Kier molecular flexibility index (Phi) is 4.04. The molecule has 0 radical (unpaired) electrons. The standard InChI is InChI=1S/C11H9N3O4S/c15-8(14-11-13-4-5-19-11)6-18-7-2-1-3-12-9(7)10(16)17/h1-5H,6H2,(H,16,17)(H,13,14,15). The molecule has 0 bridgehead atoms. The molecule has 0 saturated carbocycles. The van der Waals surface area contributed by atoms with Gasteiger partial charge in [0.1, 0.15) is 0 Å². The lowest BCUT2D eigenvalue weighted by Gasteiger charge is -2.07. The maximum Gasteiger partial charge on any atom is 0.358 e. The molecule has 0 aliphatic heterocycles. The minimum atomic E-state index is -1.21. The van der Waals surface area contributed by atoms with Crippen molar-refractivity contribution < 1.29 is 19.4 Å². The molecule has 0 fully saturated rings. The monoisotopic (exact) mass is 279 g/mol. The molecule has 0 aromatic carbocycles. The summed E-state index contributed by atoms with van der Waals surface area (Å²) >= 11 is 1.28. The molecule has 0 spiro atoms. The molecular weight excluding hydrogens is 270 g/mol. The minimum absolute atomic E-state index is 0.0456. The molecule has 98 valence electrons. The lowest BCUT2D eigenvalue weighted by molar-refractivity contribution is -0.118. The highest BCUT2D eigenvalue weighted by Crippen LogP contribution is 2.15. The second-order valence-electron chi connectivity index (χ2n) is 3.33. The minimum Gasteiger partial charge on any atom is -0.481 e. The van der Waals surface area contributed by atoms with E-state index in [1.54, 1.807) is 11.6 Å². The van der Waals surface area contributed by atoms with Gasteiger partial charge < -0.3 is 9.84 Å². The van der Waals surface area contributed by atoms with Crippen LogP contribution < -0.4 is 10.1 Å². The molecule has 0 aliphatic carbocycles. The Bertz CT molecular complexity index is 585. The van der Waals surface area contributed by atoms with E-state index in [4.69, 9.17) is 9.84 Å². The number of carbonyl (C=O) groups is 2. The number of ether oxygens (including phenoxy) is 1. The average molecular weight is 279 g/mol. The summed E-state index contributed by atoms with van der Waals surface area (Å²) < 4.78 is 5.13. The number of amides is 1. The first-order chi connectivity index (χ1) is 9.16. The fourth-order valence-corrected chi connectivity index (χ4v) is 1.80. The van der Waals surface area contributed by atoms with Crippen LogP contribution in [0.1, 0.15) is 10.5 Å². The van der Waals surface area contributed by atoms with Gasteiger partial charge in [-0.2, -0.15) is 0 Å². The number of anilines is 1. The zero-order chi connectivity index (χ0) is 13.7. The van der Waals surface area contributed by atoms with Crippen molar-refractivity contribution in [2.24, 2.45) is 0 Å². The van der Waals surface area contributed by atoms with Crippen LogP contribution in [0.2, 0.25) is 0 Å². The molecule has 2 aromatic heterocycles. The van der Waals surface area contributed by atoms with E-state index < -0.39 is 11.9 Å². The van der Waals surface area contributed by atoms with E-state index in [-0.39, 0.29) is 18.1 Å². The number of carbonyl (C=O) groups excluding carboxylic acids is 1. The Hall–Kier alpha value is -2.48. The van der Waals surface area contributed by atoms with E-state index in [2.05, 4.69) is 15.3 Å². The summed E-state index contributed by atoms with van der Waals surface area (Å²) in [7, 11) is 0. The van der Waals surface area contributed by atoms with Crippen LogP contribution in [0.5, 0.6) is 5.75 Å². The molecule has 8 heteroatoms. The highest BCUT2D eigenvalue weighted by atomic mass is 32.1. The third kappa shape index (κ3) is 3.49. The zero-order valence-corrected chi connectivity index (χ0v) is 10.4. The van der Waals surface area contributed by atoms with Crippen LogP contribution in [0, 0.1) is 0 Å². The first kappa shape index (κ1) is 13.0. The molecule has 0 atom stereocenters. The van der Waals surface area contributed by atoms with Crippen LogP contribution in [0.15, 0.2) is 29.9 Å². The predicted molar refractivity (Wildman–Crippen MR) is 67.4 cm³/mol. The van der Waals surface area contributed by atoms with E-state index >= 15 is 0 Å². The number of hydrogen-bond acceptors (Lipinski definition) is 6. The van der Waals surface area contributed by atoms with Crippen molar-refractivity contribution in [3.8, 4) is 5.75 Å². The van der Waals surface area contributed by atoms with E-state index in [1.807, 2.05) is 0 Å². The van der Waals surface area contributed by atoms with Crippen molar-refractivity contribution in [2.45, 2.75) is 0 Å². The Labute approximate surface area is 111 Å². The maximum absolute atomic E-state index is 11.5. The number of nitrogens with one attached hydrogen (secondary N) is 1. The molecule has 2 N–H and O–H groups in total. The topological polar surface area (TPSA) is 101 Å². The largest absolute Gasteiger partial charge is 0.481 e. The van der Waals surface area contributed by atoms with Gasteiger partial charge in [-0.1, -0.05) is 0 Å². The molecule has 2 heterocycles. The van der Waals surface area contributed by atoms with Crippen molar-refractivity contribution >= 4 is 28.3 Å². The number of carboxylic acids is 1. The van der Waals surface area contributed by atoms with Gasteiger partial charge in [0.25, 0.3) is 5.91 Å². The number of thiazole rings is 1. The smallest absolute Gasteiger partial charge is 0.358 e. The molecule has 2 aromatic rings. The molecule has 0 unspecified atom stereocenters. The van der Waals surface area contributed by atoms with Gasteiger partial charge in [0.2, 0.25) is 0 Å².